The molecule has 0 aliphatic carbocycles. The van der Waals surface area contributed by atoms with E-state index in [9.17, 15) is 34.2 Å². The molecule has 11 heteroatoms. The number of nitrogens with one attached hydrogen (secondary N) is 1. The van der Waals surface area contributed by atoms with Crippen LogP contribution in [0.25, 0.3) is 21.9 Å². The summed E-state index contributed by atoms with van der Waals surface area (Å²) in [5.41, 5.74) is -1.07. The number of para-hydroxylation sites is 2. The molecule has 0 aliphatic rings. The van der Waals surface area contributed by atoms with E-state index in [0.29, 0.717) is 43.5 Å². The van der Waals surface area contributed by atoms with E-state index in [-0.39, 0.29) is 62.3 Å². The Morgan fingerprint density at radius 2 is 1.09 bits per heavy atom. The number of carbonyl (C=O) groups is 3. The zero-order valence-corrected chi connectivity index (χ0v) is 31.5. The molecule has 54 heavy (non-hydrogen) atoms. The van der Waals surface area contributed by atoms with Crippen LogP contribution in [0.5, 0.6) is 11.5 Å². The normalized spacial score (nSPS) is 11.0. The summed E-state index contributed by atoms with van der Waals surface area (Å²) in [5.74, 6) is -2.47. The van der Waals surface area contributed by atoms with Crippen molar-refractivity contribution in [3.63, 3.8) is 0 Å². The van der Waals surface area contributed by atoms with Crippen molar-refractivity contribution in [3.05, 3.63) is 110 Å². The molecule has 5 aromatic rings. The predicted octanol–water partition coefficient (Wildman–Crippen LogP) is 8.75. The largest absolute Gasteiger partial charge is 0.507 e. The van der Waals surface area contributed by atoms with Crippen LogP contribution in [0.15, 0.2) is 91.2 Å². The van der Waals surface area contributed by atoms with Gasteiger partial charge in [0.2, 0.25) is 17.7 Å². The van der Waals surface area contributed by atoms with Gasteiger partial charge in [0.15, 0.2) is 0 Å². The van der Waals surface area contributed by atoms with Gasteiger partial charge >= 0.3 is 11.3 Å². The number of amides is 3. The molecule has 0 aliphatic heterocycles. The van der Waals surface area contributed by atoms with Crippen molar-refractivity contribution in [2.45, 2.75) is 97.8 Å². The van der Waals surface area contributed by atoms with Gasteiger partial charge in [-0.25, -0.2) is 9.59 Å². The van der Waals surface area contributed by atoms with Crippen LogP contribution in [0.4, 0.5) is 5.69 Å². The molecule has 0 spiro atoms. The Bertz CT molecular complexity index is 2050. The molecule has 2 heterocycles. The molecule has 3 N–H and O–H groups in total. The first-order chi connectivity index (χ1) is 26.1. The third-order valence-electron chi connectivity index (χ3n) is 9.24. The minimum Gasteiger partial charge on any atom is -0.507 e. The highest BCUT2D eigenvalue weighted by atomic mass is 16.4. The van der Waals surface area contributed by atoms with Crippen molar-refractivity contribution in [2.24, 2.45) is 0 Å². The molecule has 5 rings (SSSR count). The Hall–Kier alpha value is -5.71. The number of unbranched alkanes of at least 4 members (excludes halogenated alkanes) is 6. The number of aromatic hydroxyl groups is 2. The van der Waals surface area contributed by atoms with Crippen LogP contribution < -0.4 is 16.6 Å². The van der Waals surface area contributed by atoms with E-state index in [4.69, 9.17) is 8.83 Å². The summed E-state index contributed by atoms with van der Waals surface area (Å²) in [4.78, 5) is 65.0. The molecule has 3 aromatic carbocycles. The molecule has 3 amide bonds. The molecule has 0 saturated carbocycles. The van der Waals surface area contributed by atoms with Crippen LogP contribution in [-0.4, -0.2) is 39.4 Å². The molecule has 286 valence electrons. The van der Waals surface area contributed by atoms with E-state index < -0.39 is 17.2 Å². The molecule has 0 radical (unpaired) electrons. The number of benzene rings is 3. The molecule has 0 atom stereocenters. The van der Waals surface area contributed by atoms with Crippen LogP contribution in [0.2, 0.25) is 0 Å². The van der Waals surface area contributed by atoms with Crippen molar-refractivity contribution in [1.82, 2.24) is 4.90 Å². The highest BCUT2D eigenvalue weighted by Crippen LogP contribution is 2.42. The highest BCUT2D eigenvalue weighted by Gasteiger charge is 2.32. The van der Waals surface area contributed by atoms with Gasteiger partial charge in [-0.2, -0.15) is 0 Å². The smallest absolute Gasteiger partial charge is 0.344 e. The van der Waals surface area contributed by atoms with Gasteiger partial charge in [-0.05, 0) is 54.8 Å². The minimum atomic E-state index is -1.27. The SMILES string of the molecule is CC.CCC(=O)N(CCCCCCCCCC(=O)Nc1ccc(C(c2c(O)c3ccccc3oc2=O)c2c(O)c3ccccc3oc2=O)cc1)C(=O)CC. The fourth-order valence-corrected chi connectivity index (χ4v) is 6.47. The molecular formula is C43H50N2O9. The Kier molecular flexibility index (Phi) is 15.2. The monoisotopic (exact) mass is 738 g/mol. The van der Waals surface area contributed by atoms with Crippen molar-refractivity contribution in [1.29, 1.82) is 0 Å². The van der Waals surface area contributed by atoms with Crippen molar-refractivity contribution in [3.8, 4) is 11.5 Å². The molecule has 11 nitrogen and oxygen atoms in total. The first-order valence-corrected chi connectivity index (χ1v) is 18.9. The maximum absolute atomic E-state index is 13.4. The second-order valence-corrected chi connectivity index (χ2v) is 12.8. The Morgan fingerprint density at radius 1 is 0.648 bits per heavy atom. The lowest BCUT2D eigenvalue weighted by Crippen LogP contribution is -2.36. The van der Waals surface area contributed by atoms with Crippen molar-refractivity contribution in [2.75, 3.05) is 11.9 Å². The fraction of sp³-hybridized carbons (Fsp3) is 0.372. The second kappa shape index (κ2) is 19.9. The van der Waals surface area contributed by atoms with Gasteiger partial charge in [-0.3, -0.25) is 19.3 Å². The lowest BCUT2D eigenvalue weighted by molar-refractivity contribution is -0.144. The lowest BCUT2D eigenvalue weighted by atomic mass is 9.84. The average molecular weight is 739 g/mol. The maximum atomic E-state index is 13.4. The number of rotatable bonds is 16. The summed E-state index contributed by atoms with van der Waals surface area (Å²) in [6.07, 6.45) is 7.25. The Morgan fingerprint density at radius 3 is 1.57 bits per heavy atom. The van der Waals surface area contributed by atoms with E-state index in [1.807, 2.05) is 13.8 Å². The molecule has 0 bridgehead atoms. The molecular weight excluding hydrogens is 688 g/mol. The van der Waals surface area contributed by atoms with Gasteiger partial charge in [0.1, 0.15) is 22.7 Å². The summed E-state index contributed by atoms with van der Waals surface area (Å²) in [6.45, 7) is 7.98. The number of hydrogen-bond acceptors (Lipinski definition) is 9. The van der Waals surface area contributed by atoms with Crippen molar-refractivity contribution >= 4 is 45.3 Å². The van der Waals surface area contributed by atoms with E-state index in [1.165, 1.54) is 4.90 Å². The molecule has 0 unspecified atom stereocenters. The highest BCUT2D eigenvalue weighted by molar-refractivity contribution is 5.95. The summed E-state index contributed by atoms with van der Waals surface area (Å²) in [7, 11) is 0. The van der Waals surface area contributed by atoms with E-state index in [1.54, 1.807) is 86.6 Å². The fourth-order valence-electron chi connectivity index (χ4n) is 6.47. The second-order valence-electron chi connectivity index (χ2n) is 12.8. The first-order valence-electron chi connectivity index (χ1n) is 18.9. The van der Waals surface area contributed by atoms with E-state index in [2.05, 4.69) is 5.32 Å². The quantitative estimate of drug-likeness (QED) is 0.0662. The summed E-state index contributed by atoms with van der Waals surface area (Å²) in [6, 6.07) is 19.4. The predicted molar refractivity (Wildman–Crippen MR) is 210 cm³/mol. The average Bonchev–Trinajstić information content (AvgIpc) is 3.18. The number of fused-ring (bicyclic) bond motifs is 2. The van der Waals surface area contributed by atoms with E-state index >= 15 is 0 Å². The zero-order chi connectivity index (χ0) is 39.2. The van der Waals surface area contributed by atoms with Crippen LogP contribution in [0.3, 0.4) is 0 Å². The summed E-state index contributed by atoms with van der Waals surface area (Å²) in [5, 5.41) is 26.2. The third-order valence-corrected chi connectivity index (χ3v) is 9.24. The Labute approximate surface area is 314 Å². The number of carbonyl (C=O) groups excluding carboxylic acids is 3. The van der Waals surface area contributed by atoms with Crippen molar-refractivity contribution < 1.29 is 33.4 Å². The van der Waals surface area contributed by atoms with Crippen LogP contribution >= 0.6 is 0 Å². The molecule has 2 aromatic heterocycles. The minimum absolute atomic E-state index is 0.129. The van der Waals surface area contributed by atoms with Gasteiger partial charge in [0.25, 0.3) is 0 Å². The first kappa shape index (κ1) is 41.1. The van der Waals surface area contributed by atoms with Gasteiger partial charge in [0, 0.05) is 31.5 Å². The number of hydrogen-bond donors (Lipinski definition) is 3. The Balaban J connectivity index is 0.00000319. The summed E-state index contributed by atoms with van der Waals surface area (Å²) >= 11 is 0. The van der Waals surface area contributed by atoms with Crippen LogP contribution in [0, 0.1) is 0 Å². The van der Waals surface area contributed by atoms with Crippen LogP contribution in [-0.2, 0) is 14.4 Å². The standard InChI is InChI=1S/C41H44N2O9.C2H6/c1-3-33(45)43(34(46)4-2)25-15-9-7-5-6-8-10-20-32(44)42-27-23-21-26(22-24-27)35(36-38(47)28-16-11-13-18-30(28)51-40(36)49)37-39(48)29-17-12-14-19-31(29)52-41(37)50;1-2/h11-14,16-19,21-24,35,47-48H,3-10,15,20,25H2,1-2H3,(H,42,44);1-2H3. The van der Waals surface area contributed by atoms with Gasteiger partial charge < -0.3 is 24.4 Å². The van der Waals surface area contributed by atoms with Gasteiger partial charge in [-0.15, -0.1) is 0 Å². The zero-order valence-electron chi connectivity index (χ0n) is 31.5. The topological polar surface area (TPSA) is 167 Å². The molecule has 0 saturated heterocycles. The number of nitrogens with zero attached hydrogens (tertiary/aromatic N) is 1. The number of imide groups is 1. The number of anilines is 1. The van der Waals surface area contributed by atoms with Gasteiger partial charge in [0.05, 0.1) is 27.8 Å². The maximum Gasteiger partial charge on any atom is 0.344 e. The lowest BCUT2D eigenvalue weighted by Gasteiger charge is -2.20. The molecule has 0 fully saturated rings. The van der Waals surface area contributed by atoms with E-state index in [0.717, 1.165) is 38.5 Å². The van der Waals surface area contributed by atoms with Crippen LogP contribution in [0.1, 0.15) is 115 Å². The summed E-state index contributed by atoms with van der Waals surface area (Å²) < 4.78 is 11.1. The van der Waals surface area contributed by atoms with Gasteiger partial charge in [-0.1, -0.05) is 96.2 Å². The third kappa shape index (κ3) is 9.83.